The van der Waals surface area contributed by atoms with Gasteiger partial charge in [0.15, 0.2) is 12.4 Å². The fraction of sp³-hybridized carbons (Fsp3) is 0.400. The lowest BCUT2D eigenvalue weighted by atomic mass is 10.1. The third kappa shape index (κ3) is 5.98. The molecule has 1 amide bonds. The molecule has 2 aliphatic heterocycles. The smallest absolute Gasteiger partial charge is 0.230 e. The Labute approximate surface area is 239 Å². The summed E-state index contributed by atoms with van der Waals surface area (Å²) in [5.41, 5.74) is 3.33. The van der Waals surface area contributed by atoms with Gasteiger partial charge in [0.25, 0.3) is 0 Å². The lowest BCUT2D eigenvalue weighted by Gasteiger charge is -2.16. The number of nitrogens with zero attached hydrogens (tertiary/aromatic N) is 7. The maximum atomic E-state index is 12.4. The number of aromatic nitrogens is 3. The highest BCUT2D eigenvalue weighted by molar-refractivity contribution is 6.48. The molecule has 0 bridgehead atoms. The number of amides is 1. The van der Waals surface area contributed by atoms with Crippen molar-refractivity contribution in [1.82, 2.24) is 24.7 Å². The van der Waals surface area contributed by atoms with Crippen LogP contribution in [0.2, 0.25) is 0 Å². The van der Waals surface area contributed by atoms with E-state index < -0.39 is 0 Å². The summed E-state index contributed by atoms with van der Waals surface area (Å²) in [6, 6.07) is 17.8. The molecule has 3 aromatic rings. The molecule has 3 heterocycles. The van der Waals surface area contributed by atoms with Gasteiger partial charge in [0.05, 0.1) is 31.7 Å². The molecule has 3 unspecified atom stereocenters. The van der Waals surface area contributed by atoms with E-state index in [4.69, 9.17) is 19.5 Å². The number of carbonyl (C=O) groups excluding carboxylic acids is 1. The Bertz CT molecular complexity index is 1500. The molecule has 0 spiro atoms. The van der Waals surface area contributed by atoms with Gasteiger partial charge in [-0.3, -0.25) is 9.28 Å². The Morgan fingerprint density at radius 1 is 1.22 bits per heavy atom. The van der Waals surface area contributed by atoms with Crippen molar-refractivity contribution in [2.75, 3.05) is 33.4 Å². The van der Waals surface area contributed by atoms with E-state index in [-0.39, 0.29) is 17.9 Å². The SMILES string of the molecule is CC[N+]1(c2ccc(N=C3C(C)=Nn4nc(C(C)CNC(=O)CCCOc5ccc(OC)cc5)nc43)cc2)CC1C#N. The van der Waals surface area contributed by atoms with Crippen LogP contribution >= 0.6 is 0 Å². The second-order valence-corrected chi connectivity index (χ2v) is 10.4. The second kappa shape index (κ2) is 11.9. The standard InChI is InChI=1S/C30H34N8O3/c1-5-38(19-24(38)17-31)23-10-8-22(9-11-23)33-28-21(3)35-37-30(28)34-29(36-37)20(2)18-32-27(39)7-6-16-41-26-14-12-25(40-4)13-15-26/h8-15,20,24H,5-7,16,18-19H2,1-4H3/p+1. The molecule has 41 heavy (non-hydrogen) atoms. The van der Waals surface area contributed by atoms with Crippen LogP contribution in [0, 0.1) is 11.3 Å². The zero-order chi connectivity index (χ0) is 29.0. The van der Waals surface area contributed by atoms with Crippen LogP contribution in [0.5, 0.6) is 11.5 Å². The van der Waals surface area contributed by atoms with E-state index in [0.29, 0.717) is 47.8 Å². The maximum Gasteiger partial charge on any atom is 0.230 e. The van der Waals surface area contributed by atoms with Crippen LogP contribution < -0.4 is 19.3 Å². The number of ether oxygens (including phenoxy) is 2. The van der Waals surface area contributed by atoms with E-state index in [9.17, 15) is 10.1 Å². The molecule has 11 heteroatoms. The van der Waals surface area contributed by atoms with Crippen LogP contribution in [0.25, 0.3) is 0 Å². The highest BCUT2D eigenvalue weighted by atomic mass is 16.5. The van der Waals surface area contributed by atoms with E-state index >= 15 is 0 Å². The number of benzene rings is 2. The first kappa shape index (κ1) is 28.0. The molecule has 1 fully saturated rings. The molecule has 0 aliphatic carbocycles. The molecular formula is C30H35N8O3+. The summed E-state index contributed by atoms with van der Waals surface area (Å²) in [5.74, 6) is 2.56. The van der Waals surface area contributed by atoms with Crippen LogP contribution in [0.4, 0.5) is 11.4 Å². The average molecular weight is 556 g/mol. The molecule has 2 aromatic carbocycles. The Kier molecular flexibility index (Phi) is 8.12. The number of methoxy groups -OCH3 is 1. The first-order valence-electron chi connectivity index (χ1n) is 13.9. The summed E-state index contributed by atoms with van der Waals surface area (Å²) >= 11 is 0. The fourth-order valence-electron chi connectivity index (χ4n) is 4.95. The number of hydrogen-bond donors (Lipinski definition) is 1. The fourth-order valence-corrected chi connectivity index (χ4v) is 4.95. The number of fused-ring (bicyclic) bond motifs is 1. The van der Waals surface area contributed by atoms with Gasteiger partial charge in [0, 0.05) is 31.0 Å². The Hall–Kier alpha value is -4.56. The summed E-state index contributed by atoms with van der Waals surface area (Å²) in [4.78, 5) is 23.4. The van der Waals surface area contributed by atoms with E-state index in [1.54, 1.807) is 7.11 Å². The summed E-state index contributed by atoms with van der Waals surface area (Å²) < 4.78 is 11.5. The third-order valence-electron chi connectivity index (χ3n) is 7.61. The quantitative estimate of drug-likeness (QED) is 0.205. The first-order valence-corrected chi connectivity index (χ1v) is 13.9. The highest BCUT2D eigenvalue weighted by Crippen LogP contribution is 2.38. The maximum absolute atomic E-state index is 12.4. The van der Waals surface area contributed by atoms with Gasteiger partial charge in [-0.15, -0.1) is 9.89 Å². The highest BCUT2D eigenvalue weighted by Gasteiger charge is 2.56. The van der Waals surface area contributed by atoms with Crippen LogP contribution in [0.1, 0.15) is 51.2 Å². The van der Waals surface area contributed by atoms with Gasteiger partial charge in [-0.25, -0.2) is 9.98 Å². The normalized spacial score (nSPS) is 20.6. The number of hydrogen-bond acceptors (Lipinski definition) is 8. The average Bonchev–Trinajstić information content (AvgIpc) is 3.48. The van der Waals surface area contributed by atoms with Gasteiger partial charge in [-0.1, -0.05) is 6.92 Å². The summed E-state index contributed by atoms with van der Waals surface area (Å²) in [7, 11) is 1.62. The number of carbonyl (C=O) groups is 1. The topological polar surface area (TPSA) is 127 Å². The number of rotatable bonds is 12. The molecule has 11 nitrogen and oxygen atoms in total. The minimum Gasteiger partial charge on any atom is -0.497 e. The first-order chi connectivity index (χ1) is 19.9. The number of nitriles is 1. The molecule has 5 rings (SSSR count). The minimum absolute atomic E-state index is 0.0317. The summed E-state index contributed by atoms with van der Waals surface area (Å²) in [6.45, 7) is 8.58. The Morgan fingerprint density at radius 2 is 1.95 bits per heavy atom. The van der Waals surface area contributed by atoms with Crippen molar-refractivity contribution in [3.05, 3.63) is 60.2 Å². The molecule has 1 saturated heterocycles. The molecule has 0 radical (unpaired) electrons. The van der Waals surface area contributed by atoms with Gasteiger partial charge < -0.3 is 14.8 Å². The van der Waals surface area contributed by atoms with Crippen LogP contribution in [-0.4, -0.2) is 71.6 Å². The molecule has 1 N–H and O–H groups in total. The number of likely N-dealkylation sites (N-methyl/N-ethyl adjacent to an activating group) is 1. The predicted octanol–water partition coefficient (Wildman–Crippen LogP) is 3.96. The zero-order valence-electron chi connectivity index (χ0n) is 23.9. The van der Waals surface area contributed by atoms with Crippen molar-refractivity contribution in [2.45, 2.75) is 45.6 Å². The summed E-state index contributed by atoms with van der Waals surface area (Å²) in [6.07, 6.45) is 0.972. The molecule has 212 valence electrons. The van der Waals surface area contributed by atoms with E-state index in [1.165, 1.54) is 4.79 Å². The third-order valence-corrected chi connectivity index (χ3v) is 7.61. The number of quaternary nitrogens is 1. The molecular weight excluding hydrogens is 520 g/mol. The van der Waals surface area contributed by atoms with Gasteiger partial charge >= 0.3 is 0 Å². The summed E-state index contributed by atoms with van der Waals surface area (Å²) in [5, 5.41) is 21.4. The lowest BCUT2D eigenvalue weighted by Crippen LogP contribution is -2.28. The Morgan fingerprint density at radius 3 is 2.61 bits per heavy atom. The molecule has 3 atom stereocenters. The van der Waals surface area contributed by atoms with E-state index in [0.717, 1.165) is 41.7 Å². The van der Waals surface area contributed by atoms with Crippen molar-refractivity contribution in [1.29, 1.82) is 5.26 Å². The van der Waals surface area contributed by atoms with Crippen molar-refractivity contribution < 1.29 is 14.3 Å². The number of nitrogens with one attached hydrogen (secondary N) is 1. The van der Waals surface area contributed by atoms with Crippen molar-refractivity contribution in [3.8, 4) is 17.6 Å². The largest absolute Gasteiger partial charge is 0.497 e. The predicted molar refractivity (Wildman–Crippen MR) is 157 cm³/mol. The monoisotopic (exact) mass is 555 g/mol. The second-order valence-electron chi connectivity index (χ2n) is 10.4. The van der Waals surface area contributed by atoms with Gasteiger partial charge in [-0.05, 0) is 56.7 Å². The van der Waals surface area contributed by atoms with Gasteiger partial charge in [0.1, 0.15) is 29.0 Å². The zero-order valence-corrected chi connectivity index (χ0v) is 23.9. The number of aliphatic imine (C=N–C) groups is 1. The van der Waals surface area contributed by atoms with Crippen LogP contribution in [-0.2, 0) is 4.79 Å². The Balaban J connectivity index is 1.13. The van der Waals surface area contributed by atoms with E-state index in [2.05, 4.69) is 28.5 Å². The van der Waals surface area contributed by atoms with Crippen molar-refractivity contribution in [2.24, 2.45) is 10.1 Å². The van der Waals surface area contributed by atoms with Crippen molar-refractivity contribution in [3.63, 3.8) is 0 Å². The molecule has 2 aliphatic rings. The van der Waals surface area contributed by atoms with E-state index in [1.807, 2.05) is 62.4 Å². The molecule has 0 saturated carbocycles. The molecule has 1 aromatic heterocycles. The minimum atomic E-state index is -0.0988. The lowest BCUT2D eigenvalue weighted by molar-refractivity contribution is -0.121. The van der Waals surface area contributed by atoms with Crippen LogP contribution in [0.3, 0.4) is 0 Å². The van der Waals surface area contributed by atoms with Gasteiger partial charge in [0.2, 0.25) is 17.8 Å². The van der Waals surface area contributed by atoms with Crippen molar-refractivity contribution >= 4 is 28.7 Å². The van der Waals surface area contributed by atoms with Gasteiger partial charge in [-0.2, -0.15) is 10.4 Å². The van der Waals surface area contributed by atoms with Crippen LogP contribution in [0.15, 0.2) is 58.6 Å².